The third kappa shape index (κ3) is 3.78. The summed E-state index contributed by atoms with van der Waals surface area (Å²) >= 11 is 0. The molecule has 0 aromatic carbocycles. The highest BCUT2D eigenvalue weighted by Crippen LogP contribution is 2.19. The Hall–Kier alpha value is -1.40. The molecule has 0 bridgehead atoms. The van der Waals surface area contributed by atoms with Crippen molar-refractivity contribution in [1.82, 2.24) is 10.1 Å². The van der Waals surface area contributed by atoms with Crippen LogP contribution in [0, 0.1) is 6.92 Å². The molecule has 1 saturated heterocycles. The molecular weight excluding hydrogens is 244 g/mol. The van der Waals surface area contributed by atoms with Crippen LogP contribution >= 0.6 is 0 Å². The minimum absolute atomic E-state index is 0.0799. The van der Waals surface area contributed by atoms with Crippen molar-refractivity contribution in [2.24, 2.45) is 5.73 Å². The number of nitrogens with one attached hydrogen (secondary N) is 1. The zero-order valence-corrected chi connectivity index (χ0v) is 11.6. The molecule has 1 aromatic rings. The van der Waals surface area contributed by atoms with Crippen LogP contribution in [-0.4, -0.2) is 41.1 Å². The number of nitrogens with two attached hydrogens (primary N) is 1. The molecule has 2 atom stereocenters. The van der Waals surface area contributed by atoms with Crippen LogP contribution in [0.5, 0.6) is 0 Å². The predicted molar refractivity (Wildman–Crippen MR) is 72.7 cm³/mol. The van der Waals surface area contributed by atoms with Gasteiger partial charge in [-0.05, 0) is 33.2 Å². The van der Waals surface area contributed by atoms with Crippen LogP contribution in [-0.2, 0) is 4.79 Å². The number of piperidine rings is 1. The molecule has 0 saturated carbocycles. The van der Waals surface area contributed by atoms with E-state index in [0.29, 0.717) is 12.4 Å². The van der Waals surface area contributed by atoms with Gasteiger partial charge in [0.15, 0.2) is 0 Å². The second-order valence-corrected chi connectivity index (χ2v) is 5.27. The molecule has 1 aliphatic rings. The van der Waals surface area contributed by atoms with Gasteiger partial charge in [0.05, 0.1) is 12.2 Å². The summed E-state index contributed by atoms with van der Waals surface area (Å²) in [6.07, 6.45) is 3.37. The van der Waals surface area contributed by atoms with Crippen LogP contribution in [0.2, 0.25) is 0 Å². The van der Waals surface area contributed by atoms with Crippen molar-refractivity contribution < 1.29 is 9.32 Å². The fraction of sp³-hybridized carbons (Fsp3) is 0.692. The van der Waals surface area contributed by atoms with Crippen molar-refractivity contribution >= 4 is 11.8 Å². The molecule has 19 heavy (non-hydrogen) atoms. The Morgan fingerprint density at radius 3 is 3.11 bits per heavy atom. The van der Waals surface area contributed by atoms with Gasteiger partial charge in [-0.15, -0.1) is 0 Å². The van der Waals surface area contributed by atoms with Gasteiger partial charge in [0.25, 0.3) is 0 Å². The van der Waals surface area contributed by atoms with Gasteiger partial charge in [-0.1, -0.05) is 11.6 Å². The summed E-state index contributed by atoms with van der Waals surface area (Å²) in [5.74, 6) is 0.320. The highest BCUT2D eigenvalue weighted by atomic mass is 16.5. The van der Waals surface area contributed by atoms with Crippen molar-refractivity contribution in [2.75, 3.05) is 18.4 Å². The van der Waals surface area contributed by atoms with E-state index in [9.17, 15) is 4.79 Å². The molecule has 1 aliphatic heterocycles. The second kappa shape index (κ2) is 6.16. The fourth-order valence-corrected chi connectivity index (χ4v) is 2.59. The van der Waals surface area contributed by atoms with Crippen LogP contribution < -0.4 is 11.1 Å². The van der Waals surface area contributed by atoms with Gasteiger partial charge in [-0.3, -0.25) is 15.0 Å². The Bertz CT molecular complexity index is 430. The molecule has 2 heterocycles. The minimum Gasteiger partial charge on any atom is -0.338 e. The molecule has 6 heteroatoms. The zero-order chi connectivity index (χ0) is 13.8. The maximum Gasteiger partial charge on any atom is 0.240 e. The average molecular weight is 266 g/mol. The maximum absolute atomic E-state index is 12.0. The molecule has 2 unspecified atom stereocenters. The smallest absolute Gasteiger partial charge is 0.240 e. The summed E-state index contributed by atoms with van der Waals surface area (Å²) in [5.41, 5.74) is 6.74. The van der Waals surface area contributed by atoms with Crippen molar-refractivity contribution in [1.29, 1.82) is 0 Å². The molecular formula is C13H22N4O2. The van der Waals surface area contributed by atoms with Gasteiger partial charge in [0.2, 0.25) is 11.8 Å². The summed E-state index contributed by atoms with van der Waals surface area (Å²) < 4.78 is 4.97. The van der Waals surface area contributed by atoms with E-state index in [1.807, 2.05) is 13.8 Å². The van der Waals surface area contributed by atoms with Gasteiger partial charge in [-0.2, -0.15) is 0 Å². The molecule has 0 spiro atoms. The Balaban J connectivity index is 1.89. The van der Waals surface area contributed by atoms with Crippen LogP contribution in [0.25, 0.3) is 0 Å². The van der Waals surface area contributed by atoms with E-state index in [-0.39, 0.29) is 18.0 Å². The highest BCUT2D eigenvalue weighted by molar-refractivity contribution is 5.91. The van der Waals surface area contributed by atoms with Gasteiger partial charge < -0.3 is 10.3 Å². The van der Waals surface area contributed by atoms with Crippen LogP contribution in [0.1, 0.15) is 31.9 Å². The molecule has 2 rings (SSSR count). The van der Waals surface area contributed by atoms with E-state index in [1.54, 1.807) is 6.07 Å². The van der Waals surface area contributed by atoms with Crippen LogP contribution in [0.15, 0.2) is 10.6 Å². The number of nitrogens with zero attached hydrogens (tertiary/aromatic N) is 2. The first-order valence-corrected chi connectivity index (χ1v) is 6.79. The molecule has 0 aliphatic carbocycles. The summed E-state index contributed by atoms with van der Waals surface area (Å²) in [5, 5.41) is 6.46. The second-order valence-electron chi connectivity index (χ2n) is 5.27. The van der Waals surface area contributed by atoms with E-state index in [2.05, 4.69) is 15.4 Å². The topological polar surface area (TPSA) is 84.4 Å². The van der Waals surface area contributed by atoms with Gasteiger partial charge in [-0.25, -0.2) is 0 Å². The SMILES string of the molecule is Cc1cc(NC(=O)CN2CCCCC2C(C)N)on1. The van der Waals surface area contributed by atoms with Crippen molar-refractivity contribution in [3.63, 3.8) is 0 Å². The van der Waals surface area contributed by atoms with E-state index >= 15 is 0 Å². The maximum atomic E-state index is 12.0. The third-order valence-corrected chi connectivity index (χ3v) is 3.51. The number of rotatable bonds is 4. The lowest BCUT2D eigenvalue weighted by molar-refractivity contribution is -0.118. The first-order chi connectivity index (χ1) is 9.06. The number of hydrogen-bond donors (Lipinski definition) is 2. The van der Waals surface area contributed by atoms with Gasteiger partial charge in [0, 0.05) is 18.2 Å². The standard InChI is InChI=1S/C13H22N4O2/c1-9-7-13(19-16-9)15-12(18)8-17-6-4-3-5-11(17)10(2)14/h7,10-11H,3-6,8,14H2,1-2H3,(H,15,18). The monoisotopic (exact) mass is 266 g/mol. The van der Waals surface area contributed by atoms with E-state index < -0.39 is 0 Å². The Morgan fingerprint density at radius 1 is 1.68 bits per heavy atom. The molecule has 6 nitrogen and oxygen atoms in total. The van der Waals surface area contributed by atoms with Gasteiger partial charge in [0.1, 0.15) is 0 Å². The molecule has 1 fully saturated rings. The van der Waals surface area contributed by atoms with Crippen molar-refractivity contribution in [2.45, 2.75) is 45.2 Å². The van der Waals surface area contributed by atoms with Crippen LogP contribution in [0.4, 0.5) is 5.88 Å². The van der Waals surface area contributed by atoms with E-state index in [0.717, 1.165) is 25.1 Å². The Kier molecular flexibility index (Phi) is 4.55. The van der Waals surface area contributed by atoms with E-state index in [1.165, 1.54) is 6.42 Å². The average Bonchev–Trinajstić information content (AvgIpc) is 2.75. The Morgan fingerprint density at radius 2 is 2.47 bits per heavy atom. The van der Waals surface area contributed by atoms with E-state index in [4.69, 9.17) is 10.3 Å². The number of carbonyl (C=O) groups is 1. The summed E-state index contributed by atoms with van der Waals surface area (Å²) in [6, 6.07) is 2.08. The van der Waals surface area contributed by atoms with Crippen LogP contribution in [0.3, 0.4) is 0 Å². The highest BCUT2D eigenvalue weighted by Gasteiger charge is 2.27. The normalized spacial score (nSPS) is 22.2. The lowest BCUT2D eigenvalue weighted by atomic mass is 9.97. The number of aromatic nitrogens is 1. The number of anilines is 1. The molecule has 106 valence electrons. The quantitative estimate of drug-likeness (QED) is 0.853. The first kappa shape index (κ1) is 14.0. The third-order valence-electron chi connectivity index (χ3n) is 3.51. The summed E-state index contributed by atoms with van der Waals surface area (Å²) in [6.45, 7) is 5.09. The molecule has 0 radical (unpaired) electrons. The lowest BCUT2D eigenvalue weighted by Gasteiger charge is -2.37. The first-order valence-electron chi connectivity index (χ1n) is 6.79. The number of aryl methyl sites for hydroxylation is 1. The van der Waals surface area contributed by atoms with Gasteiger partial charge >= 0.3 is 0 Å². The summed E-state index contributed by atoms with van der Waals surface area (Å²) in [4.78, 5) is 14.1. The fourth-order valence-electron chi connectivity index (χ4n) is 2.59. The largest absolute Gasteiger partial charge is 0.338 e. The number of carbonyl (C=O) groups excluding carboxylic acids is 1. The minimum atomic E-state index is -0.0799. The predicted octanol–water partition coefficient (Wildman–Crippen LogP) is 1.12. The lowest BCUT2D eigenvalue weighted by Crippen LogP contribution is -2.51. The molecule has 3 N–H and O–H groups in total. The number of amides is 1. The van der Waals surface area contributed by atoms with Crippen molar-refractivity contribution in [3.05, 3.63) is 11.8 Å². The molecule has 1 amide bonds. The zero-order valence-electron chi connectivity index (χ0n) is 11.6. The number of likely N-dealkylation sites (tertiary alicyclic amines) is 1. The van der Waals surface area contributed by atoms with Crippen molar-refractivity contribution in [3.8, 4) is 0 Å². The Labute approximate surface area is 113 Å². The number of hydrogen-bond acceptors (Lipinski definition) is 5. The molecule has 1 aromatic heterocycles. The summed E-state index contributed by atoms with van der Waals surface area (Å²) in [7, 11) is 0.